The van der Waals surface area contributed by atoms with Gasteiger partial charge in [-0.2, -0.15) is 0 Å². The van der Waals surface area contributed by atoms with Crippen LogP contribution in [-0.2, 0) is 4.43 Å². The average Bonchev–Trinajstić information content (AvgIpc) is 1.99. The summed E-state index contributed by atoms with van der Waals surface area (Å²) in [5.41, 5.74) is 0. The van der Waals surface area contributed by atoms with Gasteiger partial charge in [0.1, 0.15) is 0 Å². The molecule has 96 valence electrons. The largest absolute Gasteiger partial charge is 0.411 e. The van der Waals surface area contributed by atoms with E-state index in [1.165, 1.54) is 0 Å². The molecule has 0 aliphatic rings. The van der Waals surface area contributed by atoms with Crippen LogP contribution >= 0.6 is 31.9 Å². The molecule has 0 amide bonds. The fraction of sp³-hybridized carbons (Fsp3) is 0.818. The highest BCUT2D eigenvalue weighted by molar-refractivity contribution is 9.28. The second-order valence-electron chi connectivity index (χ2n) is 5.53. The molecule has 1 N–H and O–H groups in total. The SMILES string of the molecule is C[C@H](O[Si](C)(C)C(C)(C)C)[C@@H](O)C=C(Br)Br. The van der Waals surface area contributed by atoms with Crippen molar-refractivity contribution in [3.8, 4) is 0 Å². The minimum atomic E-state index is -1.80. The van der Waals surface area contributed by atoms with Crippen LogP contribution in [0.2, 0.25) is 18.1 Å². The maximum absolute atomic E-state index is 9.88. The van der Waals surface area contributed by atoms with Crippen LogP contribution in [0, 0.1) is 0 Å². The van der Waals surface area contributed by atoms with Gasteiger partial charge in [0.2, 0.25) is 0 Å². The number of aliphatic hydroxyl groups excluding tert-OH is 1. The summed E-state index contributed by atoms with van der Waals surface area (Å²) in [5.74, 6) is 0. The number of aliphatic hydroxyl groups is 1. The molecule has 0 unspecified atom stereocenters. The Morgan fingerprint density at radius 1 is 1.31 bits per heavy atom. The van der Waals surface area contributed by atoms with Gasteiger partial charge in [0.05, 0.1) is 15.6 Å². The van der Waals surface area contributed by atoms with Gasteiger partial charge in [0, 0.05) is 0 Å². The first-order chi connectivity index (χ1) is 6.97. The molecule has 0 saturated heterocycles. The van der Waals surface area contributed by atoms with Crippen LogP contribution in [0.15, 0.2) is 9.47 Å². The Kier molecular flexibility index (Phi) is 6.46. The second-order valence-corrected chi connectivity index (χ2v) is 13.1. The van der Waals surface area contributed by atoms with Gasteiger partial charge in [0.15, 0.2) is 8.32 Å². The molecule has 2 nitrogen and oxygen atoms in total. The third-order valence-electron chi connectivity index (χ3n) is 3.06. The van der Waals surface area contributed by atoms with E-state index in [0.29, 0.717) is 0 Å². The second kappa shape index (κ2) is 6.14. The van der Waals surface area contributed by atoms with Crippen molar-refractivity contribution in [2.75, 3.05) is 0 Å². The Morgan fingerprint density at radius 2 is 1.75 bits per heavy atom. The number of halogens is 2. The summed E-state index contributed by atoms with van der Waals surface area (Å²) in [7, 11) is -1.80. The third kappa shape index (κ3) is 5.45. The molecule has 16 heavy (non-hydrogen) atoms. The minimum absolute atomic E-state index is 0.163. The Bertz CT molecular complexity index is 255. The van der Waals surface area contributed by atoms with Crippen LogP contribution in [0.1, 0.15) is 27.7 Å². The standard InChI is InChI=1S/C11H22Br2O2Si/c1-8(9(14)7-10(12)13)15-16(5,6)11(2,3)4/h7-9,14H,1-6H3/t8-,9-/m0/s1. The highest BCUT2D eigenvalue weighted by Crippen LogP contribution is 2.37. The van der Waals surface area contributed by atoms with Crippen molar-refractivity contribution >= 4 is 40.2 Å². The smallest absolute Gasteiger partial charge is 0.192 e. The van der Waals surface area contributed by atoms with Crippen LogP contribution in [0.25, 0.3) is 0 Å². The highest BCUT2D eigenvalue weighted by Gasteiger charge is 2.39. The van der Waals surface area contributed by atoms with Gasteiger partial charge in [-0.3, -0.25) is 0 Å². The van der Waals surface area contributed by atoms with E-state index in [2.05, 4.69) is 65.7 Å². The molecule has 0 rings (SSSR count). The normalized spacial score (nSPS) is 16.8. The molecule has 0 bridgehead atoms. The Labute approximate surface area is 117 Å². The lowest BCUT2D eigenvalue weighted by atomic mass is 10.2. The molecule has 0 heterocycles. The van der Waals surface area contributed by atoms with Crippen LogP contribution in [0.5, 0.6) is 0 Å². The first kappa shape index (κ1) is 16.8. The topological polar surface area (TPSA) is 29.5 Å². The zero-order chi connectivity index (χ0) is 13.1. The monoisotopic (exact) mass is 372 g/mol. The summed E-state index contributed by atoms with van der Waals surface area (Å²) in [6.07, 6.45) is 0.909. The molecule has 0 spiro atoms. The Balaban J connectivity index is 4.57. The zero-order valence-corrected chi connectivity index (χ0v) is 15.0. The summed E-state index contributed by atoms with van der Waals surface area (Å²) in [6.45, 7) is 12.8. The zero-order valence-electron chi connectivity index (χ0n) is 10.8. The number of rotatable bonds is 4. The van der Waals surface area contributed by atoms with Crippen LogP contribution in [0.3, 0.4) is 0 Å². The van der Waals surface area contributed by atoms with Gasteiger partial charge >= 0.3 is 0 Å². The molecule has 0 aliphatic heterocycles. The number of hydrogen-bond donors (Lipinski definition) is 1. The van der Waals surface area contributed by atoms with Crippen LogP contribution in [0.4, 0.5) is 0 Å². The van der Waals surface area contributed by atoms with E-state index >= 15 is 0 Å². The number of hydrogen-bond acceptors (Lipinski definition) is 2. The molecule has 0 aromatic carbocycles. The van der Waals surface area contributed by atoms with E-state index in [9.17, 15) is 5.11 Å². The molecule has 5 heteroatoms. The quantitative estimate of drug-likeness (QED) is 0.740. The summed E-state index contributed by atoms with van der Waals surface area (Å²) >= 11 is 6.47. The molecular weight excluding hydrogens is 352 g/mol. The fourth-order valence-electron chi connectivity index (χ4n) is 0.976. The molecule has 0 fully saturated rings. The minimum Gasteiger partial charge on any atom is -0.411 e. The fourth-order valence-corrected chi connectivity index (χ4v) is 2.94. The predicted molar refractivity (Wildman–Crippen MR) is 79.7 cm³/mol. The predicted octanol–water partition coefficient (Wildman–Crippen LogP) is 4.39. The van der Waals surface area contributed by atoms with Gasteiger partial charge in [-0.15, -0.1) is 0 Å². The van der Waals surface area contributed by atoms with Gasteiger partial charge in [0.25, 0.3) is 0 Å². The van der Waals surface area contributed by atoms with Crippen molar-refractivity contribution in [2.24, 2.45) is 0 Å². The molecule has 0 aromatic heterocycles. The van der Waals surface area contributed by atoms with Gasteiger partial charge in [-0.25, -0.2) is 0 Å². The maximum atomic E-state index is 9.88. The summed E-state index contributed by atoms with van der Waals surface area (Å²) < 4.78 is 6.82. The van der Waals surface area contributed by atoms with Gasteiger partial charge in [-0.1, -0.05) is 20.8 Å². The van der Waals surface area contributed by atoms with Crippen molar-refractivity contribution in [3.63, 3.8) is 0 Å². The summed E-state index contributed by atoms with van der Waals surface area (Å²) in [6, 6.07) is 0. The van der Waals surface area contributed by atoms with Gasteiger partial charge < -0.3 is 9.53 Å². The molecule has 0 aromatic rings. The molecular formula is C11H22Br2O2Si. The molecule has 0 saturated carbocycles. The first-order valence-corrected chi connectivity index (χ1v) is 9.85. The highest BCUT2D eigenvalue weighted by atomic mass is 79.9. The van der Waals surface area contributed by atoms with E-state index in [1.807, 2.05) is 6.92 Å². The third-order valence-corrected chi connectivity index (χ3v) is 8.17. The lowest BCUT2D eigenvalue weighted by Gasteiger charge is -2.39. The molecule has 0 aliphatic carbocycles. The summed E-state index contributed by atoms with van der Waals surface area (Å²) in [5, 5.41) is 10.0. The first-order valence-electron chi connectivity index (χ1n) is 5.36. The Hall–Kier alpha value is 0.837. The van der Waals surface area contributed by atoms with Crippen LogP contribution < -0.4 is 0 Å². The van der Waals surface area contributed by atoms with Crippen molar-refractivity contribution in [3.05, 3.63) is 9.47 Å². The van der Waals surface area contributed by atoms with Crippen molar-refractivity contribution in [1.29, 1.82) is 0 Å². The average molecular weight is 374 g/mol. The van der Waals surface area contributed by atoms with Crippen molar-refractivity contribution in [1.82, 2.24) is 0 Å². The summed E-state index contributed by atoms with van der Waals surface area (Å²) in [4.78, 5) is 0. The van der Waals surface area contributed by atoms with Gasteiger partial charge in [-0.05, 0) is 63.0 Å². The molecule has 0 radical (unpaired) electrons. The van der Waals surface area contributed by atoms with Crippen molar-refractivity contribution < 1.29 is 9.53 Å². The Morgan fingerprint density at radius 3 is 2.06 bits per heavy atom. The lowest BCUT2D eigenvalue weighted by molar-refractivity contribution is 0.0693. The van der Waals surface area contributed by atoms with E-state index in [0.717, 1.165) is 3.39 Å². The van der Waals surface area contributed by atoms with Crippen molar-refractivity contribution in [2.45, 2.75) is 58.0 Å². The van der Waals surface area contributed by atoms with E-state index in [-0.39, 0.29) is 11.1 Å². The van der Waals surface area contributed by atoms with Crippen LogP contribution in [-0.4, -0.2) is 25.6 Å². The van der Waals surface area contributed by atoms with E-state index in [1.54, 1.807) is 6.08 Å². The molecule has 2 atom stereocenters. The maximum Gasteiger partial charge on any atom is 0.192 e. The van der Waals surface area contributed by atoms with E-state index < -0.39 is 14.4 Å². The lowest BCUT2D eigenvalue weighted by Crippen LogP contribution is -2.45. The van der Waals surface area contributed by atoms with E-state index in [4.69, 9.17) is 4.43 Å².